The molecule has 1 unspecified atom stereocenters. The van der Waals surface area contributed by atoms with Crippen molar-refractivity contribution in [2.75, 3.05) is 12.8 Å². The van der Waals surface area contributed by atoms with Gasteiger partial charge in [-0.15, -0.1) is 0 Å². The van der Waals surface area contributed by atoms with Crippen LogP contribution in [0.1, 0.15) is 45.7 Å². The molecule has 0 aliphatic heterocycles. The predicted molar refractivity (Wildman–Crippen MR) is 82.1 cm³/mol. The van der Waals surface area contributed by atoms with Gasteiger partial charge in [-0.25, -0.2) is 8.42 Å². The molecule has 0 bridgehead atoms. The number of benzene rings is 1. The molecule has 0 fully saturated rings. The second kappa shape index (κ2) is 6.14. The van der Waals surface area contributed by atoms with Crippen LogP contribution in [0.4, 0.5) is 0 Å². The summed E-state index contributed by atoms with van der Waals surface area (Å²) in [5.41, 5.74) is 0.861. The van der Waals surface area contributed by atoms with Crippen molar-refractivity contribution < 1.29 is 13.5 Å². The van der Waals surface area contributed by atoms with Crippen molar-refractivity contribution in [1.82, 2.24) is 4.31 Å². The second-order valence-corrected chi connectivity index (χ2v) is 8.56. The van der Waals surface area contributed by atoms with E-state index in [1.54, 1.807) is 31.3 Å². The minimum Gasteiger partial charge on any atom is -0.508 e. The number of phenolic OH excluding ortho intramolecular Hbond substituents is 1. The second-order valence-electron chi connectivity index (χ2n) is 6.41. The summed E-state index contributed by atoms with van der Waals surface area (Å²) >= 11 is 0. The lowest BCUT2D eigenvalue weighted by molar-refractivity contribution is 0.372. The lowest BCUT2D eigenvalue weighted by Crippen LogP contribution is -2.33. The van der Waals surface area contributed by atoms with Crippen LogP contribution < -0.4 is 0 Å². The molecule has 0 heterocycles. The van der Waals surface area contributed by atoms with Crippen LogP contribution >= 0.6 is 0 Å². The maximum atomic E-state index is 12.3. The normalized spacial score (nSPS) is 14.5. The Hall–Kier alpha value is -1.07. The Morgan fingerprint density at radius 2 is 1.70 bits per heavy atom. The molecule has 0 aliphatic carbocycles. The Balaban J connectivity index is 2.82. The minimum absolute atomic E-state index is 0.00428. The predicted octanol–water partition coefficient (Wildman–Crippen LogP) is 3.15. The van der Waals surface area contributed by atoms with Gasteiger partial charge in [-0.3, -0.25) is 0 Å². The van der Waals surface area contributed by atoms with E-state index in [1.165, 1.54) is 4.31 Å². The molecule has 1 rings (SSSR count). The van der Waals surface area contributed by atoms with E-state index in [-0.39, 0.29) is 23.0 Å². The van der Waals surface area contributed by atoms with Gasteiger partial charge < -0.3 is 5.11 Å². The zero-order valence-electron chi connectivity index (χ0n) is 12.9. The van der Waals surface area contributed by atoms with E-state index in [4.69, 9.17) is 0 Å². The molecule has 5 heteroatoms. The third kappa shape index (κ3) is 4.80. The Kier molecular flexibility index (Phi) is 5.21. The molecule has 1 N–H and O–H groups in total. The minimum atomic E-state index is -3.28. The van der Waals surface area contributed by atoms with E-state index in [9.17, 15) is 13.5 Å². The van der Waals surface area contributed by atoms with Crippen LogP contribution in [0, 0.1) is 5.41 Å². The van der Waals surface area contributed by atoms with Gasteiger partial charge in [0.15, 0.2) is 0 Å². The van der Waals surface area contributed by atoms with E-state index >= 15 is 0 Å². The van der Waals surface area contributed by atoms with Gasteiger partial charge in [0.25, 0.3) is 0 Å². The van der Waals surface area contributed by atoms with Gasteiger partial charge in [0.05, 0.1) is 5.75 Å². The fraction of sp³-hybridized carbons (Fsp3) is 0.600. The molecule has 0 saturated heterocycles. The van der Waals surface area contributed by atoms with E-state index in [0.717, 1.165) is 5.56 Å². The van der Waals surface area contributed by atoms with Gasteiger partial charge in [-0.05, 0) is 36.5 Å². The molecular weight excluding hydrogens is 274 g/mol. The first kappa shape index (κ1) is 17.0. The molecule has 114 valence electrons. The standard InChI is InChI=1S/C15H25NO3S/c1-12(13-6-8-14(17)9-7-13)16(5)20(18,19)11-10-15(2,3)4/h6-9,12,17H,10-11H2,1-5H3. The molecule has 4 nitrogen and oxygen atoms in total. The number of hydrogen-bond acceptors (Lipinski definition) is 3. The summed E-state index contributed by atoms with van der Waals surface area (Å²) < 4.78 is 26.1. The first-order chi connectivity index (χ1) is 9.03. The summed E-state index contributed by atoms with van der Waals surface area (Å²) in [6, 6.07) is 6.38. The van der Waals surface area contributed by atoms with Crippen LogP contribution in [0.5, 0.6) is 5.75 Å². The molecule has 1 aromatic rings. The monoisotopic (exact) mass is 299 g/mol. The van der Waals surface area contributed by atoms with Crippen molar-refractivity contribution in [2.24, 2.45) is 5.41 Å². The van der Waals surface area contributed by atoms with E-state index in [2.05, 4.69) is 0 Å². The summed E-state index contributed by atoms with van der Waals surface area (Å²) in [5.74, 6) is 0.328. The highest BCUT2D eigenvalue weighted by Crippen LogP contribution is 2.26. The summed E-state index contributed by atoms with van der Waals surface area (Å²) in [4.78, 5) is 0. The molecule has 0 aromatic heterocycles. The molecule has 0 spiro atoms. The molecule has 1 atom stereocenters. The van der Waals surface area contributed by atoms with Crippen molar-refractivity contribution in [3.05, 3.63) is 29.8 Å². The van der Waals surface area contributed by atoms with Crippen molar-refractivity contribution in [3.8, 4) is 5.75 Å². The first-order valence-corrected chi connectivity index (χ1v) is 8.38. The molecule has 1 aromatic carbocycles. The zero-order chi connectivity index (χ0) is 15.6. The van der Waals surface area contributed by atoms with Crippen molar-refractivity contribution in [1.29, 1.82) is 0 Å². The largest absolute Gasteiger partial charge is 0.508 e. The third-order valence-corrected chi connectivity index (χ3v) is 5.38. The van der Waals surface area contributed by atoms with Gasteiger partial charge in [-0.2, -0.15) is 4.31 Å². The number of phenols is 1. The average molecular weight is 299 g/mol. The van der Waals surface area contributed by atoms with Crippen LogP contribution in [0.25, 0.3) is 0 Å². The average Bonchev–Trinajstić information content (AvgIpc) is 2.35. The Labute approximate surface area is 122 Å². The molecule has 20 heavy (non-hydrogen) atoms. The first-order valence-electron chi connectivity index (χ1n) is 6.77. The fourth-order valence-electron chi connectivity index (χ4n) is 1.78. The van der Waals surface area contributed by atoms with Gasteiger partial charge in [-0.1, -0.05) is 32.9 Å². The summed E-state index contributed by atoms with van der Waals surface area (Å²) in [6.45, 7) is 7.95. The smallest absolute Gasteiger partial charge is 0.214 e. The zero-order valence-corrected chi connectivity index (χ0v) is 13.7. The summed E-state index contributed by atoms with van der Waals surface area (Å²) in [6.07, 6.45) is 0.627. The van der Waals surface area contributed by atoms with E-state index in [1.807, 2.05) is 27.7 Å². The van der Waals surface area contributed by atoms with Gasteiger partial charge in [0.1, 0.15) is 5.75 Å². The van der Waals surface area contributed by atoms with Crippen LogP contribution in [0.2, 0.25) is 0 Å². The summed E-state index contributed by atoms with van der Waals surface area (Å²) in [5, 5.41) is 9.28. The number of aromatic hydroxyl groups is 1. The maximum absolute atomic E-state index is 12.3. The van der Waals surface area contributed by atoms with Gasteiger partial charge in [0, 0.05) is 13.1 Å². The maximum Gasteiger partial charge on any atom is 0.214 e. The van der Waals surface area contributed by atoms with Crippen LogP contribution in [-0.4, -0.2) is 30.6 Å². The van der Waals surface area contributed by atoms with Crippen LogP contribution in [0.15, 0.2) is 24.3 Å². The van der Waals surface area contributed by atoms with E-state index < -0.39 is 10.0 Å². The van der Waals surface area contributed by atoms with Gasteiger partial charge >= 0.3 is 0 Å². The Morgan fingerprint density at radius 3 is 2.15 bits per heavy atom. The SMILES string of the molecule is CC(c1ccc(O)cc1)N(C)S(=O)(=O)CCC(C)(C)C. The molecular formula is C15H25NO3S. The number of nitrogens with zero attached hydrogens (tertiary/aromatic N) is 1. The van der Waals surface area contributed by atoms with Crippen molar-refractivity contribution >= 4 is 10.0 Å². The van der Waals surface area contributed by atoms with Crippen LogP contribution in [0.3, 0.4) is 0 Å². The molecule has 0 aliphatic rings. The Morgan fingerprint density at radius 1 is 1.20 bits per heavy atom. The molecule has 0 radical (unpaired) electrons. The van der Waals surface area contributed by atoms with Crippen molar-refractivity contribution in [3.63, 3.8) is 0 Å². The number of sulfonamides is 1. The van der Waals surface area contributed by atoms with Gasteiger partial charge in [0.2, 0.25) is 10.0 Å². The van der Waals surface area contributed by atoms with E-state index in [0.29, 0.717) is 6.42 Å². The third-order valence-electron chi connectivity index (χ3n) is 3.47. The summed E-state index contributed by atoms with van der Waals surface area (Å²) in [7, 11) is -1.67. The number of hydrogen-bond donors (Lipinski definition) is 1. The Bertz CT molecular complexity index is 529. The van der Waals surface area contributed by atoms with Crippen LogP contribution in [-0.2, 0) is 10.0 Å². The quantitative estimate of drug-likeness (QED) is 0.908. The molecule has 0 saturated carbocycles. The highest BCUT2D eigenvalue weighted by molar-refractivity contribution is 7.89. The fourth-order valence-corrected chi connectivity index (χ4v) is 3.54. The lowest BCUT2D eigenvalue weighted by atomic mass is 9.94. The van der Waals surface area contributed by atoms with Crippen molar-refractivity contribution in [2.45, 2.75) is 40.2 Å². The topological polar surface area (TPSA) is 57.6 Å². The molecule has 0 amide bonds. The lowest BCUT2D eigenvalue weighted by Gasteiger charge is -2.26. The highest BCUT2D eigenvalue weighted by atomic mass is 32.2. The number of rotatable bonds is 5. The highest BCUT2D eigenvalue weighted by Gasteiger charge is 2.26.